The fourth-order valence-electron chi connectivity index (χ4n) is 4.66. The number of fused-ring (bicyclic) bond motifs is 2. The van der Waals surface area contributed by atoms with Crippen molar-refractivity contribution in [2.75, 3.05) is 20.3 Å². The van der Waals surface area contributed by atoms with Crippen molar-refractivity contribution in [2.24, 2.45) is 11.8 Å². The Labute approximate surface area is 253 Å². The molecule has 1 aliphatic rings. The summed E-state index contributed by atoms with van der Waals surface area (Å²) < 4.78 is 18.3. The molecule has 2 unspecified atom stereocenters. The summed E-state index contributed by atoms with van der Waals surface area (Å²) in [4.78, 5) is 49.5. The molecule has 0 aliphatic carbocycles. The molecule has 0 saturated heterocycles. The number of thiophene rings is 1. The van der Waals surface area contributed by atoms with Crippen LogP contribution in [0.25, 0.3) is 10.1 Å². The Balaban J connectivity index is 1.34. The Kier molecular flexibility index (Phi) is 9.93. The molecule has 226 valence electrons. The molecule has 2 atom stereocenters. The number of carbonyl (C=O) groups is 4. The monoisotopic (exact) mass is 607 g/mol. The molecule has 3 aromatic rings. The number of nitrogens with zero attached hydrogens (tertiary/aromatic N) is 1. The Morgan fingerprint density at radius 2 is 1.51 bits per heavy atom. The molecule has 1 aromatic heterocycles. The zero-order valence-corrected chi connectivity index (χ0v) is 25.0. The smallest absolute Gasteiger partial charge is 0.306 e. The normalized spacial score (nSPS) is 13.6. The number of hydrogen-bond acceptors (Lipinski definition) is 8. The number of aliphatic carboxylic acids is 2. The average molecular weight is 608 g/mol. The first-order chi connectivity index (χ1) is 20.5. The lowest BCUT2D eigenvalue weighted by Gasteiger charge is -2.16. The van der Waals surface area contributed by atoms with Gasteiger partial charge in [0.25, 0.3) is 0 Å². The van der Waals surface area contributed by atoms with Crippen LogP contribution in [0.3, 0.4) is 0 Å². The van der Waals surface area contributed by atoms with E-state index in [1.165, 1.54) is 32.3 Å². The van der Waals surface area contributed by atoms with Crippen molar-refractivity contribution in [3.63, 3.8) is 0 Å². The van der Waals surface area contributed by atoms with Crippen LogP contribution in [0.2, 0.25) is 0 Å². The molecule has 2 heterocycles. The number of benzene rings is 2. The first kappa shape index (κ1) is 31.4. The number of carboxylic acids is 2. The van der Waals surface area contributed by atoms with Crippen LogP contribution in [0.4, 0.5) is 0 Å². The summed E-state index contributed by atoms with van der Waals surface area (Å²) in [5.74, 6) is 0.214. The maximum absolute atomic E-state index is 12.6. The second-order valence-electron chi connectivity index (χ2n) is 10.5. The van der Waals surface area contributed by atoms with E-state index in [-0.39, 0.29) is 24.5 Å². The molecule has 10 nitrogen and oxygen atoms in total. The highest BCUT2D eigenvalue weighted by Gasteiger charge is 2.28. The predicted molar refractivity (Wildman–Crippen MR) is 160 cm³/mol. The lowest BCUT2D eigenvalue weighted by molar-refractivity contribution is -0.145. The summed E-state index contributed by atoms with van der Waals surface area (Å²) in [5, 5.41) is 19.0. The SMILES string of the molecule is C#Cc1cc2sc(C(=O)CC(C)C(=O)O)cc2cc1OCCCOc1cc2c(cc1OC)CN(C(=O)CC(C)C(=O)O)C2. The number of ketones is 1. The van der Waals surface area contributed by atoms with Crippen molar-refractivity contribution in [3.8, 4) is 29.6 Å². The lowest BCUT2D eigenvalue weighted by atomic mass is 10.0. The van der Waals surface area contributed by atoms with E-state index < -0.39 is 23.8 Å². The number of terminal acetylenes is 1. The van der Waals surface area contributed by atoms with Crippen molar-refractivity contribution >= 4 is 45.1 Å². The van der Waals surface area contributed by atoms with Crippen LogP contribution >= 0.6 is 11.3 Å². The summed E-state index contributed by atoms with van der Waals surface area (Å²) in [6.45, 7) is 4.40. The van der Waals surface area contributed by atoms with Crippen LogP contribution in [0.15, 0.2) is 30.3 Å². The van der Waals surface area contributed by atoms with Crippen molar-refractivity contribution < 1.29 is 43.6 Å². The summed E-state index contributed by atoms with van der Waals surface area (Å²) in [5.41, 5.74) is 2.39. The van der Waals surface area contributed by atoms with Gasteiger partial charge in [-0.05, 0) is 46.8 Å². The van der Waals surface area contributed by atoms with E-state index in [0.717, 1.165) is 21.2 Å². The fourth-order valence-corrected chi connectivity index (χ4v) is 5.69. The molecule has 0 saturated carbocycles. The standard InChI is InChI=1S/C32H33NO9S/c1-5-20-14-28-21(15-29(43-28)24(34)9-18(2)31(36)37)11-25(20)41-7-6-8-42-27-13-23-17-33(16-22(23)12-26(27)40-4)30(35)10-19(3)32(38)39/h1,11-15,18-19H,6-10,16-17H2,2-4H3,(H,36,37)(H,38,39). The van der Waals surface area contributed by atoms with E-state index in [4.69, 9.17) is 30.8 Å². The molecule has 11 heteroatoms. The van der Waals surface area contributed by atoms with Gasteiger partial charge in [0.15, 0.2) is 17.3 Å². The van der Waals surface area contributed by atoms with Gasteiger partial charge in [-0.25, -0.2) is 0 Å². The van der Waals surface area contributed by atoms with E-state index in [2.05, 4.69) is 5.92 Å². The second-order valence-corrected chi connectivity index (χ2v) is 11.6. The van der Waals surface area contributed by atoms with Gasteiger partial charge in [-0.1, -0.05) is 19.8 Å². The van der Waals surface area contributed by atoms with E-state index in [1.807, 2.05) is 12.1 Å². The Morgan fingerprint density at radius 1 is 0.907 bits per heavy atom. The summed E-state index contributed by atoms with van der Waals surface area (Å²) >= 11 is 1.27. The van der Waals surface area contributed by atoms with Crippen LogP contribution in [0, 0.1) is 24.2 Å². The highest BCUT2D eigenvalue weighted by molar-refractivity contribution is 7.20. The Hall–Kier alpha value is -4.56. The maximum atomic E-state index is 12.6. The van der Waals surface area contributed by atoms with E-state index >= 15 is 0 Å². The topological polar surface area (TPSA) is 140 Å². The highest BCUT2D eigenvalue weighted by Crippen LogP contribution is 2.36. The highest BCUT2D eigenvalue weighted by atomic mass is 32.1. The summed E-state index contributed by atoms with van der Waals surface area (Å²) in [6.07, 6.45) is 6.10. The largest absolute Gasteiger partial charge is 0.493 e. The second kappa shape index (κ2) is 13.6. The van der Waals surface area contributed by atoms with Crippen LogP contribution < -0.4 is 14.2 Å². The van der Waals surface area contributed by atoms with Crippen molar-refractivity contribution in [2.45, 2.75) is 46.2 Å². The van der Waals surface area contributed by atoms with Gasteiger partial charge in [-0.3, -0.25) is 19.2 Å². The number of carboxylic acid groups (broad SMARTS) is 2. The molecule has 0 fully saturated rings. The number of methoxy groups -OCH3 is 1. The molecule has 2 N–H and O–H groups in total. The van der Waals surface area contributed by atoms with Gasteiger partial charge in [-0.2, -0.15) is 0 Å². The van der Waals surface area contributed by atoms with E-state index in [0.29, 0.717) is 60.4 Å². The molecular formula is C32H33NO9S. The molecule has 0 bridgehead atoms. The summed E-state index contributed by atoms with van der Waals surface area (Å²) in [6, 6.07) is 8.99. The minimum Gasteiger partial charge on any atom is -0.493 e. The van der Waals surface area contributed by atoms with Crippen LogP contribution in [-0.4, -0.2) is 59.1 Å². The molecular weight excluding hydrogens is 574 g/mol. The molecule has 43 heavy (non-hydrogen) atoms. The van der Waals surface area contributed by atoms with Crippen molar-refractivity contribution in [1.29, 1.82) is 0 Å². The average Bonchev–Trinajstić information content (AvgIpc) is 3.59. The zero-order chi connectivity index (χ0) is 31.3. The van der Waals surface area contributed by atoms with E-state index in [1.54, 1.807) is 23.1 Å². The van der Waals surface area contributed by atoms with Crippen LogP contribution in [0.5, 0.6) is 17.2 Å². The van der Waals surface area contributed by atoms with Gasteiger partial charge in [0, 0.05) is 37.1 Å². The number of rotatable bonds is 14. The minimum atomic E-state index is -1.01. The van der Waals surface area contributed by atoms with Gasteiger partial charge in [0.2, 0.25) is 5.91 Å². The Bertz CT molecular complexity index is 1600. The number of hydrogen-bond donors (Lipinski definition) is 2. The molecule has 2 aromatic carbocycles. The van der Waals surface area contributed by atoms with E-state index in [9.17, 15) is 19.2 Å². The third kappa shape index (κ3) is 7.45. The van der Waals surface area contributed by atoms with Gasteiger partial charge in [0.05, 0.1) is 42.6 Å². The van der Waals surface area contributed by atoms with Crippen molar-refractivity contribution in [3.05, 3.63) is 51.9 Å². The lowest BCUT2D eigenvalue weighted by Crippen LogP contribution is -2.28. The molecule has 0 radical (unpaired) electrons. The zero-order valence-electron chi connectivity index (χ0n) is 24.2. The number of carbonyl (C=O) groups excluding carboxylic acids is 2. The van der Waals surface area contributed by atoms with Gasteiger partial charge in [0.1, 0.15) is 5.75 Å². The van der Waals surface area contributed by atoms with Gasteiger partial charge >= 0.3 is 11.9 Å². The number of ether oxygens (including phenoxy) is 3. The van der Waals surface area contributed by atoms with Gasteiger partial charge < -0.3 is 29.3 Å². The van der Waals surface area contributed by atoms with Crippen LogP contribution in [-0.2, 0) is 27.5 Å². The third-order valence-corrected chi connectivity index (χ3v) is 8.37. The van der Waals surface area contributed by atoms with Gasteiger partial charge in [-0.15, -0.1) is 17.8 Å². The van der Waals surface area contributed by atoms with Crippen LogP contribution in [0.1, 0.15) is 59.5 Å². The molecule has 0 spiro atoms. The third-order valence-electron chi connectivity index (χ3n) is 7.23. The Morgan fingerprint density at radius 3 is 2.12 bits per heavy atom. The number of Topliss-reactive ketones (excluding diaryl/α,β-unsaturated/α-hetero) is 1. The minimum absolute atomic E-state index is 0.0596. The molecule has 1 aliphatic heterocycles. The summed E-state index contributed by atoms with van der Waals surface area (Å²) in [7, 11) is 1.54. The van der Waals surface area contributed by atoms with Crippen molar-refractivity contribution in [1.82, 2.24) is 4.90 Å². The predicted octanol–water partition coefficient (Wildman–Crippen LogP) is 4.99. The molecule has 1 amide bonds. The maximum Gasteiger partial charge on any atom is 0.306 e. The first-order valence-corrected chi connectivity index (χ1v) is 14.6. The number of amides is 1. The molecule has 4 rings (SSSR count). The quantitative estimate of drug-likeness (QED) is 0.147. The first-order valence-electron chi connectivity index (χ1n) is 13.8. The fraction of sp³-hybridized carbons (Fsp3) is 0.375.